The zero-order chi connectivity index (χ0) is 7.40. The topological polar surface area (TPSA) is 25.2 Å². The molecule has 3 heteroatoms. The molecule has 1 aromatic rings. The number of rotatable bonds is 1. The number of aryl methyl sites for hydroxylation is 1. The molecule has 0 saturated carbocycles. The average molecular weight is 150 g/mol. The van der Waals surface area contributed by atoms with Crippen LogP contribution >= 0.6 is 12.2 Å². The molecule has 0 bridgehead atoms. The van der Waals surface area contributed by atoms with Gasteiger partial charge in [0.15, 0.2) is 0 Å². The molecule has 0 aliphatic rings. The van der Waals surface area contributed by atoms with Gasteiger partial charge < -0.3 is 0 Å². The molecular weight excluding hydrogens is 144 g/mol. The van der Waals surface area contributed by atoms with Crippen LogP contribution in [0.3, 0.4) is 0 Å². The summed E-state index contributed by atoms with van der Waals surface area (Å²) in [4.78, 5) is 7.77. The molecule has 0 unspecified atom stereocenters. The highest BCUT2D eigenvalue weighted by atomic mass is 32.1. The Labute approximate surface area is 64.6 Å². The maximum absolute atomic E-state index is 4.42. The summed E-state index contributed by atoms with van der Waals surface area (Å²) < 4.78 is 0. The Morgan fingerprint density at radius 2 is 2.40 bits per heavy atom. The first kappa shape index (κ1) is 7.06. The lowest BCUT2D eigenvalue weighted by Gasteiger charge is -1.89. The van der Waals surface area contributed by atoms with Gasteiger partial charge in [-0.05, 0) is 31.3 Å². The fourth-order valence-corrected chi connectivity index (χ4v) is 0.684. The van der Waals surface area contributed by atoms with Crippen LogP contribution in [0.1, 0.15) is 5.69 Å². The molecule has 50 valence electrons. The van der Waals surface area contributed by atoms with Crippen molar-refractivity contribution in [1.82, 2.24) is 4.98 Å². The van der Waals surface area contributed by atoms with E-state index in [-0.39, 0.29) is 0 Å². The van der Waals surface area contributed by atoms with Crippen molar-refractivity contribution in [2.24, 2.45) is 4.99 Å². The van der Waals surface area contributed by atoms with Gasteiger partial charge in [-0.1, -0.05) is 0 Å². The highest BCUT2D eigenvalue weighted by Gasteiger charge is 1.85. The van der Waals surface area contributed by atoms with Crippen molar-refractivity contribution >= 4 is 23.1 Å². The van der Waals surface area contributed by atoms with E-state index >= 15 is 0 Å². The molecule has 0 N–H and O–H groups in total. The summed E-state index contributed by atoms with van der Waals surface area (Å²) >= 11 is 4.42. The van der Waals surface area contributed by atoms with Crippen LogP contribution in [0.25, 0.3) is 0 Å². The third kappa shape index (κ3) is 1.72. The van der Waals surface area contributed by atoms with Crippen LogP contribution in [0.15, 0.2) is 23.3 Å². The van der Waals surface area contributed by atoms with Crippen LogP contribution in [-0.2, 0) is 0 Å². The normalized spacial score (nSPS) is 8.50. The Morgan fingerprint density at radius 3 is 2.90 bits per heavy atom. The molecule has 0 fully saturated rings. The lowest BCUT2D eigenvalue weighted by atomic mass is 10.3. The molecule has 10 heavy (non-hydrogen) atoms. The molecule has 0 aromatic carbocycles. The molecule has 1 aromatic heterocycles. The molecule has 0 saturated heterocycles. The molecule has 1 heterocycles. The highest BCUT2D eigenvalue weighted by molar-refractivity contribution is 7.78. The summed E-state index contributed by atoms with van der Waals surface area (Å²) in [5.74, 6) is 0. The van der Waals surface area contributed by atoms with Crippen molar-refractivity contribution in [3.63, 3.8) is 0 Å². The number of hydrogen-bond donors (Lipinski definition) is 0. The fraction of sp³-hybridized carbons (Fsp3) is 0.143. The lowest BCUT2D eigenvalue weighted by Crippen LogP contribution is -1.75. The molecule has 0 aliphatic heterocycles. The molecule has 0 amide bonds. The monoisotopic (exact) mass is 150 g/mol. The first-order valence-electron chi connectivity index (χ1n) is 2.83. The van der Waals surface area contributed by atoms with Gasteiger partial charge in [-0.2, -0.15) is 4.99 Å². The van der Waals surface area contributed by atoms with Crippen LogP contribution in [0.5, 0.6) is 0 Å². The standard InChI is InChI=1S/C7H6N2S/c1-6-2-3-7(4-8-6)9-5-10/h2-4H,1H3. The summed E-state index contributed by atoms with van der Waals surface area (Å²) in [5, 5.41) is 2.27. The van der Waals surface area contributed by atoms with Gasteiger partial charge >= 0.3 is 0 Å². The number of nitrogens with zero attached hydrogens (tertiary/aromatic N) is 2. The number of thiocarbonyl (C=S) groups is 1. The zero-order valence-electron chi connectivity index (χ0n) is 5.53. The molecule has 0 aliphatic carbocycles. The van der Waals surface area contributed by atoms with E-state index in [0.29, 0.717) is 0 Å². The average Bonchev–Trinajstić information content (AvgIpc) is 1.95. The van der Waals surface area contributed by atoms with E-state index in [0.717, 1.165) is 11.4 Å². The SMILES string of the molecule is Cc1ccc(N=C=S)cn1. The maximum atomic E-state index is 4.42. The van der Waals surface area contributed by atoms with Crippen molar-refractivity contribution < 1.29 is 0 Å². The Hall–Kier alpha value is -1.05. The maximum Gasteiger partial charge on any atom is 0.0922 e. The first-order valence-corrected chi connectivity index (χ1v) is 3.24. The van der Waals surface area contributed by atoms with Gasteiger partial charge in [0, 0.05) is 5.69 Å². The summed E-state index contributed by atoms with van der Waals surface area (Å²) in [5.41, 5.74) is 1.73. The first-order chi connectivity index (χ1) is 4.83. The van der Waals surface area contributed by atoms with Gasteiger partial charge in [0.25, 0.3) is 0 Å². The van der Waals surface area contributed by atoms with Crippen LogP contribution in [-0.4, -0.2) is 10.1 Å². The van der Waals surface area contributed by atoms with Crippen LogP contribution < -0.4 is 0 Å². The van der Waals surface area contributed by atoms with Gasteiger partial charge in [0.05, 0.1) is 17.0 Å². The molecular formula is C7H6N2S. The Bertz CT molecular complexity index is 259. The third-order valence-corrected chi connectivity index (χ3v) is 1.16. The largest absolute Gasteiger partial charge is 0.259 e. The molecule has 0 spiro atoms. The van der Waals surface area contributed by atoms with Crippen LogP contribution in [0, 0.1) is 6.92 Å². The van der Waals surface area contributed by atoms with Gasteiger partial charge in [0.1, 0.15) is 0 Å². The van der Waals surface area contributed by atoms with E-state index in [1.54, 1.807) is 6.20 Å². The minimum atomic E-state index is 0.751. The van der Waals surface area contributed by atoms with Gasteiger partial charge in [-0.25, -0.2) is 0 Å². The molecule has 0 atom stereocenters. The van der Waals surface area contributed by atoms with Crippen molar-refractivity contribution in [3.05, 3.63) is 24.0 Å². The van der Waals surface area contributed by atoms with E-state index in [2.05, 4.69) is 27.4 Å². The second-order valence-electron chi connectivity index (χ2n) is 1.86. The van der Waals surface area contributed by atoms with Crippen LogP contribution in [0.4, 0.5) is 5.69 Å². The number of aliphatic imine (C=N–C) groups is 1. The number of isothiocyanates is 1. The van der Waals surface area contributed by atoms with Crippen molar-refractivity contribution in [1.29, 1.82) is 0 Å². The van der Waals surface area contributed by atoms with E-state index in [4.69, 9.17) is 0 Å². The second kappa shape index (κ2) is 3.20. The Kier molecular flexibility index (Phi) is 2.26. The molecule has 2 nitrogen and oxygen atoms in total. The van der Waals surface area contributed by atoms with E-state index in [1.807, 2.05) is 19.1 Å². The quantitative estimate of drug-likeness (QED) is 0.452. The van der Waals surface area contributed by atoms with E-state index in [9.17, 15) is 0 Å². The number of pyridine rings is 1. The predicted octanol–water partition coefficient (Wildman–Crippen LogP) is 2.12. The Balaban J connectivity index is 3.00. The predicted molar refractivity (Wildman–Crippen MR) is 43.7 cm³/mol. The second-order valence-corrected chi connectivity index (χ2v) is 2.04. The van der Waals surface area contributed by atoms with Crippen LogP contribution in [0.2, 0.25) is 0 Å². The Morgan fingerprint density at radius 1 is 1.60 bits per heavy atom. The van der Waals surface area contributed by atoms with E-state index in [1.165, 1.54) is 0 Å². The minimum Gasteiger partial charge on any atom is -0.259 e. The summed E-state index contributed by atoms with van der Waals surface area (Å²) in [6.07, 6.45) is 1.66. The lowest BCUT2D eigenvalue weighted by molar-refractivity contribution is 1.19. The fourth-order valence-electron chi connectivity index (χ4n) is 0.579. The molecule has 1 rings (SSSR count). The van der Waals surface area contributed by atoms with Gasteiger partial charge in [-0.3, -0.25) is 4.98 Å². The van der Waals surface area contributed by atoms with Gasteiger partial charge in [-0.15, -0.1) is 0 Å². The number of hydrogen-bond acceptors (Lipinski definition) is 3. The molecule has 0 radical (unpaired) electrons. The number of aromatic nitrogens is 1. The minimum absolute atomic E-state index is 0.751. The third-order valence-electron chi connectivity index (χ3n) is 1.07. The smallest absolute Gasteiger partial charge is 0.0922 e. The summed E-state index contributed by atoms with van der Waals surface area (Å²) in [6, 6.07) is 3.73. The highest BCUT2D eigenvalue weighted by Crippen LogP contribution is 2.07. The summed E-state index contributed by atoms with van der Waals surface area (Å²) in [6.45, 7) is 1.92. The van der Waals surface area contributed by atoms with Crippen molar-refractivity contribution in [2.75, 3.05) is 0 Å². The van der Waals surface area contributed by atoms with Crippen molar-refractivity contribution in [2.45, 2.75) is 6.92 Å². The van der Waals surface area contributed by atoms with E-state index < -0.39 is 0 Å². The van der Waals surface area contributed by atoms with Gasteiger partial charge in [0.2, 0.25) is 0 Å². The zero-order valence-corrected chi connectivity index (χ0v) is 6.35. The summed E-state index contributed by atoms with van der Waals surface area (Å²) in [7, 11) is 0. The van der Waals surface area contributed by atoms with Crippen molar-refractivity contribution in [3.8, 4) is 0 Å².